The van der Waals surface area contributed by atoms with Gasteiger partial charge < -0.3 is 14.2 Å². The quantitative estimate of drug-likeness (QED) is 0.202. The molecule has 1 atom stereocenters. The van der Waals surface area contributed by atoms with Crippen LogP contribution in [-0.4, -0.2) is 47.4 Å². The lowest BCUT2D eigenvalue weighted by atomic mass is 10.0. The van der Waals surface area contributed by atoms with E-state index < -0.39 is 37.0 Å². The number of imide groups is 1. The highest BCUT2D eigenvalue weighted by molar-refractivity contribution is 6.35. The second-order valence-corrected chi connectivity index (χ2v) is 10.2. The molecule has 1 aliphatic heterocycles. The summed E-state index contributed by atoms with van der Waals surface area (Å²) in [6.07, 6.45) is 3.63. The molecule has 1 fully saturated rings. The van der Waals surface area contributed by atoms with Crippen molar-refractivity contribution in [2.24, 2.45) is 5.92 Å². The number of esters is 1. The average Bonchev–Trinajstić information content (AvgIpc) is 3.73. The van der Waals surface area contributed by atoms with E-state index >= 15 is 0 Å². The zero-order valence-corrected chi connectivity index (χ0v) is 22.3. The smallest absolute Gasteiger partial charge is 0.387 e. The van der Waals surface area contributed by atoms with Crippen molar-refractivity contribution in [3.63, 3.8) is 0 Å². The molecule has 1 aromatic heterocycles. The summed E-state index contributed by atoms with van der Waals surface area (Å²) in [5.41, 5.74) is 1.18. The number of aromatic nitrogens is 1. The molecule has 12 heteroatoms. The van der Waals surface area contributed by atoms with Crippen LogP contribution >= 0.6 is 23.2 Å². The maximum atomic E-state index is 13.1. The molecule has 2 amide bonds. The van der Waals surface area contributed by atoms with Crippen molar-refractivity contribution in [3.8, 4) is 11.5 Å². The van der Waals surface area contributed by atoms with Crippen LogP contribution in [0.5, 0.6) is 11.5 Å². The molecule has 2 aliphatic rings. The molecule has 0 unspecified atom stereocenters. The summed E-state index contributed by atoms with van der Waals surface area (Å²) in [6.45, 7) is -3.40. The van der Waals surface area contributed by atoms with Gasteiger partial charge in [0.15, 0.2) is 11.5 Å². The molecule has 2 aromatic carbocycles. The first kappa shape index (κ1) is 27.8. The molecule has 0 N–H and O–H groups in total. The van der Waals surface area contributed by atoms with Crippen LogP contribution in [0.15, 0.2) is 54.9 Å². The van der Waals surface area contributed by atoms with Crippen molar-refractivity contribution < 1.29 is 37.4 Å². The van der Waals surface area contributed by atoms with Gasteiger partial charge in [-0.15, -0.1) is 0 Å². The van der Waals surface area contributed by atoms with Crippen molar-refractivity contribution >= 4 is 41.0 Å². The minimum Gasteiger partial charge on any atom is -0.489 e. The number of pyridine rings is 1. The molecule has 8 nitrogen and oxygen atoms in total. The molecule has 0 radical (unpaired) electrons. The number of nitrogens with zero attached hydrogens (tertiary/aromatic N) is 2. The van der Waals surface area contributed by atoms with Gasteiger partial charge in [0.05, 0.1) is 27.8 Å². The summed E-state index contributed by atoms with van der Waals surface area (Å²) < 4.78 is 42.2. The minimum atomic E-state index is -3.07. The summed E-state index contributed by atoms with van der Waals surface area (Å²) in [4.78, 5) is 43.3. The van der Waals surface area contributed by atoms with Gasteiger partial charge in [-0.05, 0) is 54.2 Å². The predicted octanol–water partition coefficient (Wildman–Crippen LogP) is 5.90. The molecule has 40 heavy (non-hydrogen) atoms. The Balaban J connectivity index is 1.42. The van der Waals surface area contributed by atoms with Gasteiger partial charge in [0.1, 0.15) is 12.6 Å². The van der Waals surface area contributed by atoms with Crippen molar-refractivity contribution in [1.29, 1.82) is 0 Å². The second kappa shape index (κ2) is 11.8. The van der Waals surface area contributed by atoms with E-state index in [9.17, 15) is 23.2 Å². The standard InChI is InChI=1S/C28H22Cl2F2N2O6/c29-20-11-33-12-21(30)19(20)10-23(16-7-8-22(40-28(31)32)24(9-16)38-14-15-5-6-15)39-25(35)13-34-26(36)17-3-1-2-4-18(17)27(34)37/h1-4,7-9,11-12,15,23,28H,5-6,10,13-14H2/t23-/m1/s1. The number of halogens is 4. The van der Waals surface area contributed by atoms with Gasteiger partial charge in [0.2, 0.25) is 0 Å². The van der Waals surface area contributed by atoms with Crippen molar-refractivity contribution in [2.75, 3.05) is 13.2 Å². The van der Waals surface area contributed by atoms with Crippen LogP contribution in [0.2, 0.25) is 10.0 Å². The third kappa shape index (κ3) is 6.18. The molecule has 2 heterocycles. The number of hydrogen-bond donors (Lipinski definition) is 0. The van der Waals surface area contributed by atoms with Crippen molar-refractivity contribution in [3.05, 3.63) is 87.2 Å². The van der Waals surface area contributed by atoms with Crippen molar-refractivity contribution in [2.45, 2.75) is 32.0 Å². The summed E-state index contributed by atoms with van der Waals surface area (Å²) in [7, 11) is 0. The Morgan fingerprint density at radius 2 is 1.65 bits per heavy atom. The Morgan fingerprint density at radius 1 is 1.00 bits per heavy atom. The highest BCUT2D eigenvalue weighted by Gasteiger charge is 2.37. The Hall–Kier alpha value is -3.76. The fraction of sp³-hybridized carbons (Fsp3) is 0.286. The van der Waals surface area contributed by atoms with Gasteiger partial charge in [-0.1, -0.05) is 41.4 Å². The Morgan fingerprint density at radius 3 is 2.25 bits per heavy atom. The van der Waals surface area contributed by atoms with E-state index in [2.05, 4.69) is 9.72 Å². The highest BCUT2D eigenvalue weighted by Crippen LogP contribution is 2.38. The molecule has 1 saturated carbocycles. The van der Waals surface area contributed by atoms with E-state index in [0.717, 1.165) is 17.7 Å². The predicted molar refractivity (Wildman–Crippen MR) is 140 cm³/mol. The van der Waals surface area contributed by atoms with E-state index in [0.29, 0.717) is 23.7 Å². The first-order chi connectivity index (χ1) is 19.2. The molecular weight excluding hydrogens is 569 g/mol. The zero-order chi connectivity index (χ0) is 28.4. The van der Waals surface area contributed by atoms with Gasteiger partial charge in [0.25, 0.3) is 11.8 Å². The van der Waals surface area contributed by atoms with Crippen LogP contribution in [0, 0.1) is 5.92 Å². The summed E-state index contributed by atoms with van der Waals surface area (Å²) in [6, 6.07) is 10.4. The molecule has 0 spiro atoms. The fourth-order valence-electron chi connectivity index (χ4n) is 4.28. The number of carbonyl (C=O) groups excluding carboxylic acids is 3. The fourth-order valence-corrected chi connectivity index (χ4v) is 4.80. The lowest BCUT2D eigenvalue weighted by molar-refractivity contribution is -0.149. The first-order valence-corrected chi connectivity index (χ1v) is 13.1. The largest absolute Gasteiger partial charge is 0.489 e. The lowest BCUT2D eigenvalue weighted by Crippen LogP contribution is -2.36. The molecular formula is C28H22Cl2F2N2O6. The van der Waals surface area contributed by atoms with Gasteiger partial charge in [0, 0.05) is 18.8 Å². The summed E-state index contributed by atoms with van der Waals surface area (Å²) in [5, 5.41) is 0.438. The number of alkyl halides is 2. The number of fused-ring (bicyclic) bond motifs is 1. The average molecular weight is 591 g/mol. The van der Waals surface area contributed by atoms with Gasteiger partial charge in [-0.2, -0.15) is 8.78 Å². The van der Waals surface area contributed by atoms with E-state index in [1.165, 1.54) is 42.7 Å². The summed E-state index contributed by atoms with van der Waals surface area (Å²) in [5.74, 6) is -1.90. The van der Waals surface area contributed by atoms with E-state index in [1.807, 2.05) is 0 Å². The second-order valence-electron chi connectivity index (χ2n) is 9.35. The maximum Gasteiger partial charge on any atom is 0.387 e. The SMILES string of the molecule is O=C(CN1C(=O)c2ccccc2C1=O)O[C@H](Cc1c(Cl)cncc1Cl)c1ccc(OC(F)F)c(OCC2CC2)c1. The van der Waals surface area contributed by atoms with E-state index in [4.69, 9.17) is 32.7 Å². The van der Waals surface area contributed by atoms with E-state index in [1.54, 1.807) is 12.1 Å². The van der Waals surface area contributed by atoms with Crippen LogP contribution in [0.1, 0.15) is 50.8 Å². The van der Waals surface area contributed by atoms with Gasteiger partial charge >= 0.3 is 12.6 Å². The molecule has 1 aliphatic carbocycles. The monoisotopic (exact) mass is 590 g/mol. The van der Waals surface area contributed by atoms with Crippen LogP contribution < -0.4 is 9.47 Å². The Bertz CT molecular complexity index is 1410. The molecule has 3 aromatic rings. The molecule has 0 saturated heterocycles. The van der Waals surface area contributed by atoms with Crippen molar-refractivity contribution in [1.82, 2.24) is 9.88 Å². The lowest BCUT2D eigenvalue weighted by Gasteiger charge is -2.22. The number of amides is 2. The zero-order valence-electron chi connectivity index (χ0n) is 20.8. The van der Waals surface area contributed by atoms with E-state index in [-0.39, 0.29) is 39.1 Å². The van der Waals surface area contributed by atoms with Gasteiger partial charge in [-0.25, -0.2) is 0 Å². The molecule has 0 bridgehead atoms. The number of hydrogen-bond acceptors (Lipinski definition) is 7. The Kier molecular flexibility index (Phi) is 8.18. The highest BCUT2D eigenvalue weighted by atomic mass is 35.5. The van der Waals surface area contributed by atoms with Gasteiger partial charge in [-0.3, -0.25) is 24.3 Å². The van der Waals surface area contributed by atoms with Crippen LogP contribution in [0.4, 0.5) is 8.78 Å². The topological polar surface area (TPSA) is 95.0 Å². The van der Waals surface area contributed by atoms with Crippen LogP contribution in [-0.2, 0) is 16.0 Å². The third-order valence-electron chi connectivity index (χ3n) is 6.51. The number of rotatable bonds is 11. The number of benzene rings is 2. The first-order valence-electron chi connectivity index (χ1n) is 12.4. The number of ether oxygens (including phenoxy) is 3. The number of carbonyl (C=O) groups is 3. The van der Waals surface area contributed by atoms with Crippen LogP contribution in [0.25, 0.3) is 0 Å². The minimum absolute atomic E-state index is 0.0227. The normalized spacial score (nSPS) is 15.3. The molecule has 208 valence electrons. The summed E-state index contributed by atoms with van der Waals surface area (Å²) >= 11 is 12.6. The molecule has 5 rings (SSSR count). The Labute approximate surface area is 237 Å². The van der Waals surface area contributed by atoms with Crippen LogP contribution in [0.3, 0.4) is 0 Å². The maximum absolute atomic E-state index is 13.1. The third-order valence-corrected chi connectivity index (χ3v) is 7.16.